The number of fused-ring (bicyclic) bond motifs is 12. The van der Waals surface area contributed by atoms with Crippen LogP contribution in [0, 0.1) is 0 Å². The van der Waals surface area contributed by atoms with Crippen LogP contribution < -0.4 is 0 Å². The molecule has 0 fully saturated rings. The molecule has 0 bridgehead atoms. The van der Waals surface area contributed by atoms with E-state index in [-0.39, 0.29) is 0 Å². The van der Waals surface area contributed by atoms with Crippen LogP contribution in [0.15, 0.2) is 482 Å². The summed E-state index contributed by atoms with van der Waals surface area (Å²) in [5.41, 5.74) is 34.9. The van der Waals surface area contributed by atoms with E-state index in [2.05, 4.69) is 425 Å². The van der Waals surface area contributed by atoms with Crippen LogP contribution in [0.2, 0.25) is 0 Å². The van der Waals surface area contributed by atoms with Gasteiger partial charge in [-0.2, -0.15) is 0 Å². The number of nitrogens with zero attached hydrogens (tertiary/aromatic N) is 6. The molecule has 8 heteroatoms. The monoisotopic (exact) mass is 1680 g/mol. The lowest BCUT2D eigenvalue weighted by molar-refractivity contribution is 0.669. The van der Waals surface area contributed by atoms with Crippen molar-refractivity contribution in [1.29, 1.82) is 0 Å². The zero-order chi connectivity index (χ0) is 87.4. The number of pyridine rings is 2. The van der Waals surface area contributed by atoms with Gasteiger partial charge in [-0.1, -0.05) is 419 Å². The molecule has 0 amide bonds. The Bertz CT molecular complexity index is 8560. The van der Waals surface area contributed by atoms with Crippen LogP contribution in [0.5, 0.6) is 0 Å². The minimum Gasteiger partial charge on any atom is -0.456 e. The SMILES string of the molecule is c1ccc(-c2ccc(-c3cc(-c4ccc(-c5ccc(-c6nc7ccccc7c7c(-c8ccccc8)c8c(cc67)oc6ccccc68)cc5)cc4)nc(-c4ccc(-c5ccccc5)cc4)n3)cc2)cc1.c1ccc(-c2cccc(-c3cc(-c4ccc(-c5ccc(-c6nc7ccccc7c7c(-c8ccccc8)c8c(cc67)oc6ccccc68)cc5)cc4)nc(-c4ccccc4)n3)c2)cc1. The van der Waals surface area contributed by atoms with Crippen LogP contribution in [0.3, 0.4) is 0 Å². The van der Waals surface area contributed by atoms with Crippen molar-refractivity contribution in [3.8, 4) is 168 Å². The Morgan fingerprint density at radius 2 is 0.386 bits per heavy atom. The van der Waals surface area contributed by atoms with Gasteiger partial charge >= 0.3 is 0 Å². The molecule has 25 aromatic rings. The maximum atomic E-state index is 6.61. The Kier molecular flexibility index (Phi) is 19.8. The van der Waals surface area contributed by atoms with Gasteiger partial charge in [0.05, 0.1) is 45.2 Å². The third-order valence-corrected chi connectivity index (χ3v) is 25.4. The number of hydrogen-bond donors (Lipinski definition) is 0. The van der Waals surface area contributed by atoms with Gasteiger partial charge in [0.2, 0.25) is 0 Å². The van der Waals surface area contributed by atoms with Crippen molar-refractivity contribution >= 4 is 87.2 Å². The van der Waals surface area contributed by atoms with Crippen LogP contribution in [0.4, 0.5) is 0 Å². The molecule has 0 atom stereocenters. The third kappa shape index (κ3) is 14.6. The molecule has 8 nitrogen and oxygen atoms in total. The number of rotatable bonds is 15. The fraction of sp³-hybridized carbons (Fsp3) is 0. The van der Waals surface area contributed by atoms with Crippen molar-refractivity contribution in [2.45, 2.75) is 0 Å². The standard InChI is InChI=1S/C65H41N3O.C59H37N3O/c1-4-14-42(15-5-1)44-24-32-48(33-25-44)57-41-58(68-65(67-57)52-38-30-45(31-39-52)43-16-6-2-7-17-43)49-34-26-46(27-35-49)47-28-36-51(37-29-47)64-55-40-60-63(54-21-11-13-23-59(54)69-60)61(50-18-8-3-9-19-50)62(55)53-20-10-12-22-56(53)66-64;1-4-15-38(16-5-1)45-21-14-22-46(35-45)52-37-51(61-59(62-52)44-19-8-3-9-20-44)41-31-27-39(28-32-41)40-29-33-43(34-30-40)58-49-36-54-57(48-24-11-13-26-53(48)63-54)55(42-17-6-2-7-18-42)56(49)47-23-10-12-25-50(47)60-58/h1-41H;1-37H. The molecule has 0 unspecified atom stereocenters. The summed E-state index contributed by atoms with van der Waals surface area (Å²) in [6.07, 6.45) is 0. The normalized spacial score (nSPS) is 11.5. The molecule has 6 heterocycles. The van der Waals surface area contributed by atoms with Crippen LogP contribution in [-0.2, 0) is 0 Å². The molecular formula is C124H78N6O2. The fourth-order valence-corrected chi connectivity index (χ4v) is 18.9. The Morgan fingerprint density at radius 3 is 0.750 bits per heavy atom. The highest BCUT2D eigenvalue weighted by Crippen LogP contribution is 2.50. The average Bonchev–Trinajstić information content (AvgIpc) is 1.48. The summed E-state index contributed by atoms with van der Waals surface area (Å²) in [7, 11) is 0. The lowest BCUT2D eigenvalue weighted by atomic mass is 9.89. The van der Waals surface area contributed by atoms with E-state index in [0.29, 0.717) is 11.6 Å². The van der Waals surface area contributed by atoms with E-state index in [0.717, 1.165) is 216 Å². The van der Waals surface area contributed by atoms with Crippen molar-refractivity contribution in [1.82, 2.24) is 29.9 Å². The quantitative estimate of drug-likeness (QED) is 0.0935. The molecular weight excluding hydrogens is 1610 g/mol. The number of para-hydroxylation sites is 4. The molecule has 0 saturated heterocycles. The first-order valence-electron chi connectivity index (χ1n) is 44.6. The summed E-state index contributed by atoms with van der Waals surface area (Å²) in [6, 6.07) is 166. The number of furan rings is 2. The summed E-state index contributed by atoms with van der Waals surface area (Å²) >= 11 is 0. The van der Waals surface area contributed by atoms with E-state index in [1.165, 1.54) is 27.5 Å². The number of hydrogen-bond acceptors (Lipinski definition) is 8. The van der Waals surface area contributed by atoms with Gasteiger partial charge < -0.3 is 8.83 Å². The van der Waals surface area contributed by atoms with E-state index in [9.17, 15) is 0 Å². The van der Waals surface area contributed by atoms with Crippen LogP contribution in [0.25, 0.3) is 255 Å². The van der Waals surface area contributed by atoms with E-state index in [1.807, 2.05) is 48.5 Å². The summed E-state index contributed by atoms with van der Waals surface area (Å²) < 4.78 is 13.2. The van der Waals surface area contributed by atoms with E-state index >= 15 is 0 Å². The van der Waals surface area contributed by atoms with Crippen molar-refractivity contribution in [3.05, 3.63) is 473 Å². The average molecular weight is 1680 g/mol. The second kappa shape index (κ2) is 33.6. The summed E-state index contributed by atoms with van der Waals surface area (Å²) in [6.45, 7) is 0. The Hall–Kier alpha value is -17.7. The Balaban J connectivity index is 0.000000146. The smallest absolute Gasteiger partial charge is 0.160 e. The number of benzene rings is 19. The minimum absolute atomic E-state index is 0.681. The van der Waals surface area contributed by atoms with Crippen molar-refractivity contribution in [2.75, 3.05) is 0 Å². The van der Waals surface area contributed by atoms with Gasteiger partial charge in [-0.05, 0) is 121 Å². The molecule has 0 aliphatic carbocycles. The van der Waals surface area contributed by atoms with Gasteiger partial charge in [-0.25, -0.2) is 29.9 Å². The molecule has 19 aromatic carbocycles. The topological polar surface area (TPSA) is 104 Å². The van der Waals surface area contributed by atoms with Gasteiger partial charge in [0.1, 0.15) is 22.3 Å². The van der Waals surface area contributed by atoms with Crippen LogP contribution in [-0.4, -0.2) is 29.9 Å². The molecule has 0 saturated carbocycles. The highest BCUT2D eigenvalue weighted by Gasteiger charge is 2.26. The lowest BCUT2D eigenvalue weighted by Crippen LogP contribution is -1.96. The van der Waals surface area contributed by atoms with Crippen molar-refractivity contribution in [3.63, 3.8) is 0 Å². The molecule has 0 N–H and O–H groups in total. The molecule has 0 aliphatic heterocycles. The molecule has 25 rings (SSSR count). The molecule has 0 spiro atoms. The van der Waals surface area contributed by atoms with E-state index in [4.69, 9.17) is 38.7 Å². The Labute approximate surface area is 762 Å². The minimum atomic E-state index is 0.681. The molecule has 0 radical (unpaired) electrons. The predicted octanol–water partition coefficient (Wildman–Crippen LogP) is 33.2. The first-order chi connectivity index (χ1) is 65.4. The van der Waals surface area contributed by atoms with E-state index in [1.54, 1.807) is 0 Å². The van der Waals surface area contributed by atoms with Crippen molar-refractivity contribution < 1.29 is 8.83 Å². The maximum Gasteiger partial charge on any atom is 0.160 e. The Morgan fingerprint density at radius 1 is 0.136 bits per heavy atom. The van der Waals surface area contributed by atoms with Gasteiger partial charge in [0, 0.05) is 109 Å². The zero-order valence-corrected chi connectivity index (χ0v) is 71.5. The van der Waals surface area contributed by atoms with Crippen molar-refractivity contribution in [2.24, 2.45) is 0 Å². The second-order valence-corrected chi connectivity index (χ2v) is 33.4. The lowest BCUT2D eigenvalue weighted by Gasteiger charge is -2.16. The number of aromatic nitrogens is 6. The molecule has 132 heavy (non-hydrogen) atoms. The van der Waals surface area contributed by atoms with Gasteiger partial charge in [0.15, 0.2) is 11.6 Å². The van der Waals surface area contributed by atoms with E-state index < -0.39 is 0 Å². The van der Waals surface area contributed by atoms with Gasteiger partial charge in [0.25, 0.3) is 0 Å². The summed E-state index contributed by atoms with van der Waals surface area (Å²) in [5.74, 6) is 1.38. The molecule has 616 valence electrons. The predicted molar refractivity (Wildman–Crippen MR) is 546 cm³/mol. The maximum absolute atomic E-state index is 6.61. The van der Waals surface area contributed by atoms with Gasteiger partial charge in [-0.15, -0.1) is 0 Å². The second-order valence-electron chi connectivity index (χ2n) is 33.4. The fourth-order valence-electron chi connectivity index (χ4n) is 18.9. The van der Waals surface area contributed by atoms with Crippen LogP contribution in [0.1, 0.15) is 0 Å². The van der Waals surface area contributed by atoms with Gasteiger partial charge in [-0.3, -0.25) is 0 Å². The highest BCUT2D eigenvalue weighted by molar-refractivity contribution is 6.29. The first kappa shape index (κ1) is 77.8. The molecule has 6 aromatic heterocycles. The molecule has 0 aliphatic rings. The first-order valence-corrected chi connectivity index (χ1v) is 44.6. The largest absolute Gasteiger partial charge is 0.456 e. The zero-order valence-electron chi connectivity index (χ0n) is 71.5. The summed E-state index contributed by atoms with van der Waals surface area (Å²) in [4.78, 5) is 31.2. The van der Waals surface area contributed by atoms with Crippen LogP contribution >= 0.6 is 0 Å². The summed E-state index contributed by atoms with van der Waals surface area (Å²) in [5, 5.41) is 11.1. The highest BCUT2D eigenvalue weighted by atomic mass is 16.3. The third-order valence-electron chi connectivity index (χ3n) is 25.4.